The number of halogens is 4. The van der Waals surface area contributed by atoms with Crippen molar-refractivity contribution in [2.24, 2.45) is 0 Å². The predicted molar refractivity (Wildman–Crippen MR) is 133 cm³/mol. The van der Waals surface area contributed by atoms with Crippen LogP contribution in [0.3, 0.4) is 0 Å². The van der Waals surface area contributed by atoms with Crippen LogP contribution in [0.15, 0.2) is 53.8 Å². The van der Waals surface area contributed by atoms with Crippen LogP contribution < -0.4 is 10.9 Å². The van der Waals surface area contributed by atoms with Crippen LogP contribution in [0.1, 0.15) is 25.1 Å². The zero-order chi connectivity index (χ0) is 24.0. The van der Waals surface area contributed by atoms with E-state index in [9.17, 15) is 9.18 Å². The van der Waals surface area contributed by atoms with Crippen LogP contribution in [0.25, 0.3) is 27.6 Å². The van der Waals surface area contributed by atoms with Gasteiger partial charge in [0.2, 0.25) is 0 Å². The van der Waals surface area contributed by atoms with Crippen LogP contribution >= 0.6 is 34.8 Å². The van der Waals surface area contributed by atoms with E-state index in [-0.39, 0.29) is 21.5 Å². The highest BCUT2D eigenvalue weighted by Crippen LogP contribution is 2.32. The number of fused-ring (bicyclic) bond motifs is 2. The minimum Gasteiger partial charge on any atom is -0.360 e. The van der Waals surface area contributed by atoms with Crippen LogP contribution in [0.4, 0.5) is 10.2 Å². The quantitative estimate of drug-likeness (QED) is 0.285. The summed E-state index contributed by atoms with van der Waals surface area (Å²) in [7, 11) is 0. The Morgan fingerprint density at radius 2 is 1.91 bits per heavy atom. The number of anilines is 1. The number of H-pyrrole nitrogens is 1. The molecule has 0 saturated carbocycles. The van der Waals surface area contributed by atoms with Gasteiger partial charge in [0.15, 0.2) is 11.5 Å². The van der Waals surface area contributed by atoms with Crippen molar-refractivity contribution >= 4 is 62.6 Å². The first-order valence-corrected chi connectivity index (χ1v) is 11.4. The molecule has 0 fully saturated rings. The van der Waals surface area contributed by atoms with Crippen molar-refractivity contribution in [1.29, 1.82) is 0 Å². The molecule has 2 aromatic carbocycles. The smallest absolute Gasteiger partial charge is 0.264 e. The molecule has 0 bridgehead atoms. The number of rotatable bonds is 5. The van der Waals surface area contributed by atoms with E-state index in [1.165, 1.54) is 29.4 Å². The number of hydrogen-bond donors (Lipinski definition) is 2. The summed E-state index contributed by atoms with van der Waals surface area (Å²) in [5, 5.41) is 4.33. The van der Waals surface area contributed by atoms with Gasteiger partial charge >= 0.3 is 0 Å². The van der Waals surface area contributed by atoms with Crippen LogP contribution in [0.2, 0.25) is 15.1 Å². The van der Waals surface area contributed by atoms with Gasteiger partial charge in [-0.1, -0.05) is 47.8 Å². The summed E-state index contributed by atoms with van der Waals surface area (Å²) in [6.45, 7) is 1.96. The van der Waals surface area contributed by atoms with E-state index in [0.717, 1.165) is 0 Å². The average Bonchev–Trinajstić information content (AvgIpc) is 3.31. The molecule has 34 heavy (non-hydrogen) atoms. The van der Waals surface area contributed by atoms with Crippen LogP contribution in [0.5, 0.6) is 0 Å². The molecule has 3 aromatic heterocycles. The molecule has 0 aliphatic carbocycles. The van der Waals surface area contributed by atoms with Gasteiger partial charge in [-0.2, -0.15) is 0 Å². The Kier molecular flexibility index (Phi) is 5.89. The first-order chi connectivity index (χ1) is 16.4. The highest BCUT2D eigenvalue weighted by Gasteiger charge is 2.22. The number of nitrogens with one attached hydrogen (secondary N) is 2. The molecular weight excluding hydrogens is 502 g/mol. The van der Waals surface area contributed by atoms with Crippen molar-refractivity contribution in [1.82, 2.24) is 24.5 Å². The molecule has 0 unspecified atom stereocenters. The lowest BCUT2D eigenvalue weighted by molar-refractivity contribution is 0.629. The fraction of sp³-hybridized carbons (Fsp3) is 0.130. The summed E-state index contributed by atoms with van der Waals surface area (Å²) in [6.07, 6.45) is 3.53. The molecule has 0 saturated heterocycles. The molecule has 11 heteroatoms. The molecule has 0 amide bonds. The molecule has 0 radical (unpaired) electrons. The lowest BCUT2D eigenvalue weighted by atomic mass is 10.0. The Balaban J connectivity index is 1.77. The lowest BCUT2D eigenvalue weighted by Gasteiger charge is -2.24. The molecule has 1 atom stereocenters. The Hall–Kier alpha value is -3.20. The largest absolute Gasteiger partial charge is 0.360 e. The Labute approximate surface area is 207 Å². The highest BCUT2D eigenvalue weighted by molar-refractivity contribution is 6.42. The molecule has 0 aliphatic rings. The fourth-order valence-corrected chi connectivity index (χ4v) is 4.47. The van der Waals surface area contributed by atoms with Crippen molar-refractivity contribution in [3.8, 4) is 5.69 Å². The fourth-order valence-electron chi connectivity index (χ4n) is 3.92. The molecule has 0 aliphatic heterocycles. The maximum absolute atomic E-state index is 14.3. The van der Waals surface area contributed by atoms with Gasteiger partial charge in [-0.15, -0.1) is 0 Å². The average molecular weight is 518 g/mol. The summed E-state index contributed by atoms with van der Waals surface area (Å²) in [4.78, 5) is 29.5. The predicted octanol–water partition coefficient (Wildman–Crippen LogP) is 6.32. The maximum Gasteiger partial charge on any atom is 0.264 e. The number of benzene rings is 2. The lowest BCUT2D eigenvalue weighted by Crippen LogP contribution is -2.27. The van der Waals surface area contributed by atoms with Gasteiger partial charge in [0.1, 0.15) is 17.7 Å². The molecular formula is C23H16Cl3FN6O. The Bertz CT molecular complexity index is 1620. The first-order valence-electron chi connectivity index (χ1n) is 10.3. The van der Waals surface area contributed by atoms with Crippen LogP contribution in [-0.2, 0) is 0 Å². The third-order valence-electron chi connectivity index (χ3n) is 5.56. The first kappa shape index (κ1) is 22.6. The number of hydrogen-bond acceptors (Lipinski definition) is 5. The molecule has 7 nitrogen and oxygen atoms in total. The van der Waals surface area contributed by atoms with Gasteiger partial charge in [0.05, 0.1) is 38.5 Å². The summed E-state index contributed by atoms with van der Waals surface area (Å²) < 4.78 is 15.7. The highest BCUT2D eigenvalue weighted by atomic mass is 35.5. The Morgan fingerprint density at radius 1 is 1.09 bits per heavy atom. The number of pyridine rings is 1. The second-order valence-electron chi connectivity index (χ2n) is 7.56. The van der Waals surface area contributed by atoms with Gasteiger partial charge in [0.25, 0.3) is 5.56 Å². The van der Waals surface area contributed by atoms with E-state index < -0.39 is 11.4 Å². The summed E-state index contributed by atoms with van der Waals surface area (Å²) in [5.74, 6) is -0.171. The monoisotopic (exact) mass is 516 g/mol. The SMILES string of the molecule is CC[C@H](Nc1ncnc2[nH]cnc12)c1cc2ccc(F)c(Cl)c2c(=O)n1-c1ccc(Cl)c(Cl)c1. The summed E-state index contributed by atoms with van der Waals surface area (Å²) in [5.41, 5.74) is 1.72. The summed E-state index contributed by atoms with van der Waals surface area (Å²) >= 11 is 18.6. The second-order valence-corrected chi connectivity index (χ2v) is 8.75. The van der Waals surface area contributed by atoms with Crippen molar-refractivity contribution in [3.63, 3.8) is 0 Å². The Morgan fingerprint density at radius 3 is 2.68 bits per heavy atom. The molecule has 3 heterocycles. The third kappa shape index (κ3) is 3.77. The summed E-state index contributed by atoms with van der Waals surface area (Å²) in [6, 6.07) is 9.03. The van der Waals surface area contributed by atoms with Gasteiger partial charge < -0.3 is 10.3 Å². The van der Waals surface area contributed by atoms with Gasteiger partial charge in [0, 0.05) is 5.69 Å². The number of imidazole rings is 1. The second kappa shape index (κ2) is 8.87. The zero-order valence-electron chi connectivity index (χ0n) is 17.6. The van der Waals surface area contributed by atoms with Gasteiger partial charge in [-0.05, 0) is 42.1 Å². The normalized spacial score (nSPS) is 12.4. The molecule has 5 rings (SSSR count). The van der Waals surface area contributed by atoms with Gasteiger partial charge in [-0.3, -0.25) is 9.36 Å². The van der Waals surface area contributed by atoms with Crippen molar-refractivity contribution in [2.45, 2.75) is 19.4 Å². The minimum atomic E-state index is -0.674. The van der Waals surface area contributed by atoms with E-state index >= 15 is 0 Å². The topological polar surface area (TPSA) is 88.5 Å². The van der Waals surface area contributed by atoms with Crippen molar-refractivity contribution in [2.75, 3.05) is 5.32 Å². The van der Waals surface area contributed by atoms with Crippen LogP contribution in [-0.4, -0.2) is 24.5 Å². The van der Waals surface area contributed by atoms with E-state index in [0.29, 0.717) is 45.2 Å². The molecule has 2 N–H and O–H groups in total. The van der Waals surface area contributed by atoms with E-state index in [4.69, 9.17) is 34.8 Å². The minimum absolute atomic E-state index is 0.0723. The maximum atomic E-state index is 14.3. The number of nitrogens with zero attached hydrogens (tertiary/aromatic N) is 4. The van der Waals surface area contributed by atoms with E-state index in [1.54, 1.807) is 24.3 Å². The zero-order valence-corrected chi connectivity index (χ0v) is 19.9. The number of aromatic nitrogens is 5. The van der Waals surface area contributed by atoms with Crippen molar-refractivity contribution in [3.05, 3.63) is 86.0 Å². The molecule has 5 aromatic rings. The number of aromatic amines is 1. The molecule has 172 valence electrons. The van der Waals surface area contributed by atoms with E-state index in [1.807, 2.05) is 6.92 Å². The standard InChI is InChI=1S/C23H16Cl3FN6O/c1-2-16(32-22-20-21(29-9-28-20)30-10-31-22)17-7-11-3-6-15(27)19(26)18(11)23(34)33(17)12-4-5-13(24)14(25)8-12/h3-10,16H,2H2,1H3,(H2,28,29,30,31,32)/t16-/m0/s1. The van der Waals surface area contributed by atoms with Crippen LogP contribution in [0, 0.1) is 5.82 Å². The van der Waals surface area contributed by atoms with Gasteiger partial charge in [-0.25, -0.2) is 19.3 Å². The third-order valence-corrected chi connectivity index (χ3v) is 6.67. The molecule has 0 spiro atoms. The van der Waals surface area contributed by atoms with E-state index in [2.05, 4.69) is 25.3 Å². The van der Waals surface area contributed by atoms with Crippen molar-refractivity contribution < 1.29 is 4.39 Å².